The number of hydrogen-bond donors (Lipinski definition) is 2. The summed E-state index contributed by atoms with van der Waals surface area (Å²) in [5, 5.41) is 10.2. The molecule has 11 heteroatoms. The van der Waals surface area contributed by atoms with Gasteiger partial charge in [0.15, 0.2) is 0 Å². The van der Waals surface area contributed by atoms with E-state index in [0.717, 1.165) is 34.0 Å². The van der Waals surface area contributed by atoms with Crippen LogP contribution in [0.25, 0.3) is 21.1 Å². The maximum atomic E-state index is 13.6. The summed E-state index contributed by atoms with van der Waals surface area (Å²) in [7, 11) is 0. The van der Waals surface area contributed by atoms with Crippen LogP contribution in [-0.2, 0) is 14.4 Å². The number of carbonyl (C=O) groups excluding carboxylic acids is 3. The van der Waals surface area contributed by atoms with Crippen molar-refractivity contribution >= 4 is 55.9 Å². The average Bonchev–Trinajstić information content (AvgIpc) is 3.25. The van der Waals surface area contributed by atoms with E-state index in [0.29, 0.717) is 17.7 Å². The molecule has 2 aliphatic rings. The van der Waals surface area contributed by atoms with Crippen LogP contribution in [-0.4, -0.2) is 66.8 Å². The summed E-state index contributed by atoms with van der Waals surface area (Å²) in [5.41, 5.74) is 4.11. The van der Waals surface area contributed by atoms with Crippen molar-refractivity contribution in [2.24, 2.45) is 5.41 Å². The van der Waals surface area contributed by atoms with Crippen LogP contribution in [0, 0.1) is 5.41 Å². The van der Waals surface area contributed by atoms with Crippen LogP contribution in [0.5, 0.6) is 0 Å². The van der Waals surface area contributed by atoms with Gasteiger partial charge in [0.2, 0.25) is 5.91 Å². The van der Waals surface area contributed by atoms with Gasteiger partial charge in [-0.1, -0.05) is 13.0 Å². The zero-order valence-corrected chi connectivity index (χ0v) is 20.7. The van der Waals surface area contributed by atoms with Gasteiger partial charge < -0.3 is 15.1 Å². The predicted octanol–water partition coefficient (Wildman–Crippen LogP) is 3.11. The van der Waals surface area contributed by atoms with Gasteiger partial charge in [-0.25, -0.2) is 4.98 Å². The van der Waals surface area contributed by atoms with E-state index in [2.05, 4.69) is 25.5 Å². The molecule has 0 unspecified atom stereocenters. The molecule has 4 aromatic rings. The molecule has 3 aromatic heterocycles. The standard InChI is InChI=1S/C25H25N7O3S/c1-14-11-32(23(34)22(33)29-18-10-26-8-16-9-28-30-21(16)18)19(12-31(14)24(35)25(2)5-6-25)15-3-4-20-17(7-15)27-13-36-20/h3-4,7-10,13-14,19H,5-6,11-12H2,1-2H3,(H,28,30)(H,29,33)/t14-,19-/m1/s1. The third kappa shape index (κ3) is 3.79. The van der Waals surface area contributed by atoms with Crippen LogP contribution in [0.3, 0.4) is 0 Å². The predicted molar refractivity (Wildman–Crippen MR) is 135 cm³/mol. The van der Waals surface area contributed by atoms with Crippen molar-refractivity contribution in [3.8, 4) is 0 Å². The Morgan fingerprint density at radius 2 is 1.97 bits per heavy atom. The van der Waals surface area contributed by atoms with E-state index >= 15 is 0 Å². The molecule has 3 amide bonds. The lowest BCUT2D eigenvalue weighted by Gasteiger charge is -2.46. The number of hydrogen-bond acceptors (Lipinski definition) is 7. The van der Waals surface area contributed by atoms with Crippen molar-refractivity contribution < 1.29 is 14.4 Å². The van der Waals surface area contributed by atoms with Gasteiger partial charge in [-0.05, 0) is 37.5 Å². The zero-order valence-electron chi connectivity index (χ0n) is 19.9. The molecule has 1 aliphatic carbocycles. The summed E-state index contributed by atoms with van der Waals surface area (Å²) < 4.78 is 1.04. The second-order valence-corrected chi connectivity index (χ2v) is 10.8. The number of carbonyl (C=O) groups is 3. The number of thiazole rings is 1. The number of pyridine rings is 1. The maximum absolute atomic E-state index is 13.6. The van der Waals surface area contributed by atoms with Gasteiger partial charge in [0.1, 0.15) is 0 Å². The van der Waals surface area contributed by atoms with Crippen LogP contribution in [0.2, 0.25) is 0 Å². The fourth-order valence-electron chi connectivity index (χ4n) is 4.87. The Bertz CT molecular complexity index is 1510. The molecule has 1 aliphatic heterocycles. The molecule has 1 saturated carbocycles. The molecule has 36 heavy (non-hydrogen) atoms. The number of rotatable bonds is 3. The SMILES string of the molecule is C[C@@H]1CN(C(=O)C(=O)Nc2cncc3cn[nH]c23)[C@@H](c2ccc3scnc3c2)CN1C(=O)C1(C)CC1. The van der Waals surface area contributed by atoms with E-state index in [1.807, 2.05) is 36.9 Å². The Hall–Kier alpha value is -3.86. The topological polar surface area (TPSA) is 124 Å². The minimum absolute atomic E-state index is 0.114. The van der Waals surface area contributed by atoms with Gasteiger partial charge in [-0.15, -0.1) is 11.3 Å². The van der Waals surface area contributed by atoms with Crippen LogP contribution < -0.4 is 5.32 Å². The van der Waals surface area contributed by atoms with Gasteiger partial charge in [-0.3, -0.25) is 24.5 Å². The van der Waals surface area contributed by atoms with Crippen LogP contribution in [0.15, 0.2) is 42.3 Å². The zero-order chi connectivity index (χ0) is 25.0. The Labute approximate surface area is 210 Å². The van der Waals surface area contributed by atoms with Gasteiger partial charge in [-0.2, -0.15) is 5.10 Å². The highest BCUT2D eigenvalue weighted by Crippen LogP contribution is 2.47. The first-order valence-electron chi connectivity index (χ1n) is 11.9. The second-order valence-electron chi connectivity index (χ2n) is 9.90. The largest absolute Gasteiger partial charge is 0.335 e. The second kappa shape index (κ2) is 8.37. The number of benzene rings is 1. The number of nitrogens with zero attached hydrogens (tertiary/aromatic N) is 5. The first kappa shape index (κ1) is 22.6. The van der Waals surface area contributed by atoms with E-state index in [4.69, 9.17) is 0 Å². The molecule has 2 N–H and O–H groups in total. The highest BCUT2D eigenvalue weighted by atomic mass is 32.1. The van der Waals surface area contributed by atoms with Gasteiger partial charge in [0, 0.05) is 36.1 Å². The number of aromatic amines is 1. The summed E-state index contributed by atoms with van der Waals surface area (Å²) in [4.78, 5) is 52.0. The molecule has 1 saturated heterocycles. The number of amides is 3. The van der Waals surface area contributed by atoms with Gasteiger partial charge in [0.25, 0.3) is 0 Å². The molecule has 0 spiro atoms. The summed E-state index contributed by atoms with van der Waals surface area (Å²) in [6.07, 6.45) is 6.46. The summed E-state index contributed by atoms with van der Waals surface area (Å²) in [6.45, 7) is 4.49. The van der Waals surface area contributed by atoms with E-state index in [-0.39, 0.29) is 23.9 Å². The molecule has 4 heterocycles. The third-order valence-corrected chi connectivity index (χ3v) is 8.12. The van der Waals surface area contributed by atoms with Crippen molar-refractivity contribution in [1.82, 2.24) is 30.0 Å². The van der Waals surface area contributed by atoms with Gasteiger partial charge >= 0.3 is 11.8 Å². The minimum Gasteiger partial charge on any atom is -0.335 e. The molecule has 0 bridgehead atoms. The molecular formula is C25H25N7O3S. The van der Waals surface area contributed by atoms with E-state index in [9.17, 15) is 14.4 Å². The number of piperazine rings is 1. The van der Waals surface area contributed by atoms with E-state index < -0.39 is 17.9 Å². The summed E-state index contributed by atoms with van der Waals surface area (Å²) in [6, 6.07) is 5.18. The lowest BCUT2D eigenvalue weighted by molar-refractivity contribution is -0.153. The molecule has 1 aromatic carbocycles. The summed E-state index contributed by atoms with van der Waals surface area (Å²) >= 11 is 1.54. The minimum atomic E-state index is -0.764. The molecule has 2 atom stereocenters. The highest BCUT2D eigenvalue weighted by Gasteiger charge is 2.50. The Kier molecular flexibility index (Phi) is 5.25. The molecular weight excluding hydrogens is 478 g/mol. The number of anilines is 1. The first-order valence-corrected chi connectivity index (χ1v) is 12.8. The number of H-pyrrole nitrogens is 1. The normalized spacial score (nSPS) is 21.1. The van der Waals surface area contributed by atoms with Crippen LogP contribution >= 0.6 is 11.3 Å². The van der Waals surface area contributed by atoms with Crippen molar-refractivity contribution in [1.29, 1.82) is 0 Å². The molecule has 2 fully saturated rings. The van der Waals surface area contributed by atoms with Crippen molar-refractivity contribution in [3.63, 3.8) is 0 Å². The van der Waals surface area contributed by atoms with E-state index in [1.54, 1.807) is 34.1 Å². The fourth-order valence-corrected chi connectivity index (χ4v) is 5.52. The lowest BCUT2D eigenvalue weighted by Crippen LogP contribution is -2.59. The summed E-state index contributed by atoms with van der Waals surface area (Å²) in [5.74, 6) is -1.31. The number of nitrogens with one attached hydrogen (secondary N) is 2. The molecule has 184 valence electrons. The molecule has 6 rings (SSSR count). The van der Waals surface area contributed by atoms with Crippen LogP contribution in [0.4, 0.5) is 5.69 Å². The maximum Gasteiger partial charge on any atom is 0.314 e. The van der Waals surface area contributed by atoms with Crippen molar-refractivity contribution in [2.45, 2.75) is 38.8 Å². The number of aromatic nitrogens is 4. The van der Waals surface area contributed by atoms with Crippen molar-refractivity contribution in [2.75, 3.05) is 18.4 Å². The quantitative estimate of drug-likeness (QED) is 0.414. The lowest BCUT2D eigenvalue weighted by atomic mass is 9.97. The Morgan fingerprint density at radius 3 is 2.78 bits per heavy atom. The van der Waals surface area contributed by atoms with Crippen LogP contribution in [0.1, 0.15) is 38.3 Å². The smallest absolute Gasteiger partial charge is 0.314 e. The molecule has 0 radical (unpaired) electrons. The first-order chi connectivity index (χ1) is 17.3. The fraction of sp³-hybridized carbons (Fsp3) is 0.360. The third-order valence-electron chi connectivity index (χ3n) is 7.31. The van der Waals surface area contributed by atoms with Gasteiger partial charge in [0.05, 0.1) is 45.4 Å². The Balaban J connectivity index is 1.32. The monoisotopic (exact) mass is 503 g/mol. The Morgan fingerprint density at radius 1 is 1.14 bits per heavy atom. The molecule has 10 nitrogen and oxygen atoms in total. The number of fused-ring (bicyclic) bond motifs is 2. The average molecular weight is 504 g/mol. The highest BCUT2D eigenvalue weighted by molar-refractivity contribution is 7.16. The van der Waals surface area contributed by atoms with E-state index in [1.165, 1.54) is 6.20 Å². The van der Waals surface area contributed by atoms with Crippen molar-refractivity contribution in [3.05, 3.63) is 47.9 Å².